The minimum atomic E-state index is -0.433. The Kier molecular flexibility index (Phi) is 4.01. The number of nitrogens with one attached hydrogen (secondary N) is 1. The van der Waals surface area contributed by atoms with Crippen LogP contribution in [-0.2, 0) is 6.54 Å². The molecule has 0 unspecified atom stereocenters. The monoisotopic (exact) mass is 313 g/mol. The number of para-hydroxylation sites is 1. The molecule has 0 saturated heterocycles. The molecule has 3 aromatic rings. The van der Waals surface area contributed by atoms with E-state index in [2.05, 4.69) is 10.6 Å². The molecule has 0 atom stereocenters. The van der Waals surface area contributed by atoms with Crippen LogP contribution in [0.4, 0.5) is 16.0 Å². The molecule has 0 fully saturated rings. The van der Waals surface area contributed by atoms with Crippen LogP contribution < -0.4 is 15.7 Å². The summed E-state index contributed by atoms with van der Waals surface area (Å²) < 4.78 is 19.2. The number of anilines is 2. The van der Waals surface area contributed by atoms with Crippen molar-refractivity contribution in [2.45, 2.75) is 6.54 Å². The molecule has 0 bridgehead atoms. The maximum atomic E-state index is 13.0. The second-order valence-corrected chi connectivity index (χ2v) is 4.89. The summed E-state index contributed by atoms with van der Waals surface area (Å²) in [5, 5.41) is 6.48. The van der Waals surface area contributed by atoms with E-state index in [1.165, 1.54) is 16.8 Å². The third-order valence-electron chi connectivity index (χ3n) is 3.22. The van der Waals surface area contributed by atoms with E-state index >= 15 is 0 Å². The van der Waals surface area contributed by atoms with Gasteiger partial charge in [-0.1, -0.05) is 18.2 Å². The summed E-state index contributed by atoms with van der Waals surface area (Å²) in [6, 6.07) is 14.8. The smallest absolute Gasteiger partial charge is 0.362 e. The lowest BCUT2D eigenvalue weighted by molar-refractivity contribution is -0.756. The van der Waals surface area contributed by atoms with Crippen LogP contribution in [0.15, 0.2) is 59.1 Å². The Hall–Kier alpha value is -3.22. The van der Waals surface area contributed by atoms with Crippen molar-refractivity contribution in [2.24, 2.45) is 0 Å². The SMILES string of the molecule is Nc1on[n+](Cc2ccc(F)cc2)c1C(=O)Nc1ccccc1. The van der Waals surface area contributed by atoms with Gasteiger partial charge in [0.2, 0.25) is 11.8 Å². The third-order valence-corrected chi connectivity index (χ3v) is 3.22. The van der Waals surface area contributed by atoms with E-state index in [-0.39, 0.29) is 23.9 Å². The highest BCUT2D eigenvalue weighted by molar-refractivity contribution is 6.04. The van der Waals surface area contributed by atoms with E-state index in [1.807, 2.05) is 6.07 Å². The summed E-state index contributed by atoms with van der Waals surface area (Å²) in [4.78, 5) is 12.4. The first-order valence-corrected chi connectivity index (χ1v) is 6.89. The van der Waals surface area contributed by atoms with E-state index < -0.39 is 5.91 Å². The molecule has 2 aromatic carbocycles. The summed E-state index contributed by atoms with van der Waals surface area (Å²) in [6.07, 6.45) is 0. The number of amides is 1. The Bertz CT molecular complexity index is 816. The van der Waals surface area contributed by atoms with E-state index in [9.17, 15) is 9.18 Å². The topological polar surface area (TPSA) is 85.0 Å². The lowest BCUT2D eigenvalue weighted by atomic mass is 10.2. The highest BCUT2D eigenvalue weighted by Gasteiger charge is 2.30. The average molecular weight is 313 g/mol. The summed E-state index contributed by atoms with van der Waals surface area (Å²) in [7, 11) is 0. The highest BCUT2D eigenvalue weighted by Crippen LogP contribution is 2.11. The van der Waals surface area contributed by atoms with E-state index in [4.69, 9.17) is 10.3 Å². The Balaban J connectivity index is 1.83. The maximum absolute atomic E-state index is 13.0. The van der Waals surface area contributed by atoms with Crippen molar-refractivity contribution in [2.75, 3.05) is 11.1 Å². The predicted molar refractivity (Wildman–Crippen MR) is 81.0 cm³/mol. The minimum Gasteiger partial charge on any atom is -0.362 e. The van der Waals surface area contributed by atoms with Gasteiger partial charge in [-0.3, -0.25) is 9.32 Å². The molecular formula is C16H14FN4O2+. The van der Waals surface area contributed by atoms with Gasteiger partial charge in [0.25, 0.3) is 0 Å². The van der Waals surface area contributed by atoms with Crippen LogP contribution in [0.3, 0.4) is 0 Å². The number of halogens is 1. The lowest BCUT2D eigenvalue weighted by Gasteiger charge is -2.01. The van der Waals surface area contributed by atoms with Crippen molar-refractivity contribution < 1.29 is 18.4 Å². The number of carbonyl (C=O) groups is 1. The molecule has 0 saturated carbocycles. The molecule has 3 rings (SSSR count). The van der Waals surface area contributed by atoms with Gasteiger partial charge >= 0.3 is 17.5 Å². The van der Waals surface area contributed by atoms with Crippen molar-refractivity contribution in [1.82, 2.24) is 5.27 Å². The average Bonchev–Trinajstić information content (AvgIpc) is 2.91. The number of benzene rings is 2. The predicted octanol–water partition coefficient (Wildman–Crippen LogP) is 1.98. The van der Waals surface area contributed by atoms with Crippen molar-refractivity contribution >= 4 is 17.5 Å². The number of hydrogen-bond acceptors (Lipinski definition) is 4. The van der Waals surface area contributed by atoms with Crippen LogP contribution in [-0.4, -0.2) is 11.2 Å². The fourth-order valence-electron chi connectivity index (χ4n) is 2.12. The molecule has 1 aromatic heterocycles. The van der Waals surface area contributed by atoms with Gasteiger partial charge in [-0.15, -0.1) is 0 Å². The quantitative estimate of drug-likeness (QED) is 0.721. The first-order valence-electron chi connectivity index (χ1n) is 6.89. The maximum Gasteiger partial charge on any atom is 0.362 e. The van der Waals surface area contributed by atoms with Gasteiger partial charge in [-0.25, -0.2) is 4.39 Å². The standard InChI is InChI=1S/C16H13FN4O2/c17-12-8-6-11(7-9-12)10-21-14(15(18)23-20-21)16(22)19-13-4-2-1-3-5-13/h1-9H,10H2,(H2-,18,19,20,22)/p+1. The Morgan fingerprint density at radius 2 is 1.87 bits per heavy atom. The zero-order valence-corrected chi connectivity index (χ0v) is 12.1. The Morgan fingerprint density at radius 1 is 1.17 bits per heavy atom. The molecule has 3 N–H and O–H groups in total. The zero-order chi connectivity index (χ0) is 16.2. The van der Waals surface area contributed by atoms with E-state index in [0.29, 0.717) is 5.69 Å². The molecule has 1 amide bonds. The molecule has 0 aliphatic carbocycles. The van der Waals surface area contributed by atoms with Crippen molar-refractivity contribution in [3.63, 3.8) is 0 Å². The molecule has 6 nitrogen and oxygen atoms in total. The second kappa shape index (κ2) is 6.27. The number of hydrogen-bond donors (Lipinski definition) is 2. The van der Waals surface area contributed by atoms with Gasteiger partial charge in [0, 0.05) is 11.3 Å². The number of carbonyl (C=O) groups excluding carboxylic acids is 1. The van der Waals surface area contributed by atoms with Gasteiger partial charge in [0.1, 0.15) is 5.82 Å². The second-order valence-electron chi connectivity index (χ2n) is 4.89. The van der Waals surface area contributed by atoms with Crippen molar-refractivity contribution in [1.29, 1.82) is 0 Å². The van der Waals surface area contributed by atoms with Gasteiger partial charge in [0.15, 0.2) is 0 Å². The number of nitrogens with zero attached hydrogens (tertiary/aromatic N) is 2. The summed E-state index contributed by atoms with van der Waals surface area (Å²) >= 11 is 0. The first-order chi connectivity index (χ1) is 11.1. The van der Waals surface area contributed by atoms with Gasteiger partial charge in [-0.05, 0) is 41.1 Å². The van der Waals surface area contributed by atoms with Crippen LogP contribution in [0.2, 0.25) is 0 Å². The van der Waals surface area contributed by atoms with Crippen LogP contribution in [0, 0.1) is 5.82 Å². The molecule has 1 heterocycles. The molecule has 0 aliphatic rings. The molecule has 0 spiro atoms. The Morgan fingerprint density at radius 3 is 2.57 bits per heavy atom. The first kappa shape index (κ1) is 14.7. The third kappa shape index (κ3) is 3.34. The number of aromatic nitrogens is 2. The van der Waals surface area contributed by atoms with Crippen LogP contribution in [0.5, 0.6) is 0 Å². The summed E-state index contributed by atoms with van der Waals surface area (Å²) in [5.41, 5.74) is 7.21. The molecule has 116 valence electrons. The van der Waals surface area contributed by atoms with Crippen molar-refractivity contribution in [3.8, 4) is 0 Å². The van der Waals surface area contributed by atoms with E-state index in [1.54, 1.807) is 36.4 Å². The van der Waals surface area contributed by atoms with Gasteiger partial charge < -0.3 is 11.1 Å². The highest BCUT2D eigenvalue weighted by atomic mass is 19.1. The van der Waals surface area contributed by atoms with Crippen molar-refractivity contribution in [3.05, 3.63) is 71.7 Å². The van der Waals surface area contributed by atoms with E-state index in [0.717, 1.165) is 5.56 Å². The number of nitrogen functional groups attached to an aromatic ring is 1. The number of nitrogens with two attached hydrogens (primary N) is 1. The number of rotatable bonds is 4. The molecule has 0 radical (unpaired) electrons. The molecular weight excluding hydrogens is 299 g/mol. The fraction of sp³-hybridized carbons (Fsp3) is 0.0625. The van der Waals surface area contributed by atoms with Crippen LogP contribution in [0.25, 0.3) is 0 Å². The van der Waals surface area contributed by atoms with Gasteiger partial charge in [0.05, 0.1) is 0 Å². The lowest BCUT2D eigenvalue weighted by Crippen LogP contribution is -2.43. The van der Waals surface area contributed by atoms with Crippen LogP contribution >= 0.6 is 0 Å². The summed E-state index contributed by atoms with van der Waals surface area (Å²) in [6.45, 7) is 0.235. The van der Waals surface area contributed by atoms with Gasteiger partial charge in [-0.2, -0.15) is 0 Å². The summed E-state index contributed by atoms with van der Waals surface area (Å²) in [5.74, 6) is -0.849. The Labute approximate surface area is 131 Å². The zero-order valence-electron chi connectivity index (χ0n) is 12.1. The molecule has 0 aliphatic heterocycles. The minimum absolute atomic E-state index is 0.0828. The van der Waals surface area contributed by atoms with Crippen LogP contribution in [0.1, 0.15) is 16.1 Å². The normalized spacial score (nSPS) is 10.5. The molecule has 23 heavy (non-hydrogen) atoms. The largest absolute Gasteiger partial charge is 0.362 e. The molecule has 7 heteroatoms. The fourth-order valence-corrected chi connectivity index (χ4v) is 2.12.